The van der Waals surface area contributed by atoms with Gasteiger partial charge in [-0.3, -0.25) is 9.59 Å². The van der Waals surface area contributed by atoms with Crippen molar-refractivity contribution in [2.75, 3.05) is 0 Å². The van der Waals surface area contributed by atoms with Crippen molar-refractivity contribution in [2.24, 2.45) is 0 Å². The number of carboxylic acid groups (broad SMARTS) is 1. The number of carbonyl (C=O) groups is 3. The standard InChI is InChI=1S/C16H12O5/c17-14(10-15(18)16(19)20)11-5-4-8-13(9-11)21-12-6-2-1-3-7-12/h1-9H,10H2,(H,19,20). The molecule has 0 heterocycles. The van der Waals surface area contributed by atoms with Crippen LogP contribution in [0.15, 0.2) is 54.6 Å². The molecule has 2 aromatic rings. The molecule has 0 atom stereocenters. The topological polar surface area (TPSA) is 80.7 Å². The van der Waals surface area contributed by atoms with Gasteiger partial charge in [-0.15, -0.1) is 0 Å². The van der Waals surface area contributed by atoms with Gasteiger partial charge in [0.25, 0.3) is 0 Å². The van der Waals surface area contributed by atoms with E-state index in [0.717, 1.165) is 0 Å². The Kier molecular flexibility index (Phi) is 4.46. The summed E-state index contributed by atoms with van der Waals surface area (Å²) in [6, 6.07) is 15.3. The van der Waals surface area contributed by atoms with E-state index in [9.17, 15) is 14.4 Å². The molecule has 2 aromatic carbocycles. The fourth-order valence-electron chi connectivity index (χ4n) is 1.68. The lowest BCUT2D eigenvalue weighted by molar-refractivity contribution is -0.148. The quantitative estimate of drug-likeness (QED) is 0.501. The fourth-order valence-corrected chi connectivity index (χ4v) is 1.68. The van der Waals surface area contributed by atoms with E-state index in [-0.39, 0.29) is 5.56 Å². The Hall–Kier alpha value is -2.95. The maximum atomic E-state index is 11.8. The van der Waals surface area contributed by atoms with E-state index in [1.165, 1.54) is 12.1 Å². The van der Waals surface area contributed by atoms with E-state index >= 15 is 0 Å². The summed E-state index contributed by atoms with van der Waals surface area (Å²) < 4.78 is 5.57. The van der Waals surface area contributed by atoms with Crippen LogP contribution in [0.25, 0.3) is 0 Å². The minimum absolute atomic E-state index is 0.234. The first-order valence-corrected chi connectivity index (χ1v) is 6.18. The molecule has 0 aliphatic heterocycles. The Morgan fingerprint density at radius 1 is 0.905 bits per heavy atom. The number of hydrogen-bond acceptors (Lipinski definition) is 4. The smallest absolute Gasteiger partial charge is 0.372 e. The number of Topliss-reactive ketones (excluding diaryl/α,β-unsaturated/α-hetero) is 2. The number of hydrogen-bond donors (Lipinski definition) is 1. The first-order valence-electron chi connectivity index (χ1n) is 6.18. The largest absolute Gasteiger partial charge is 0.475 e. The predicted octanol–water partition coefficient (Wildman–Crippen LogP) is 2.71. The van der Waals surface area contributed by atoms with Crippen LogP contribution in [0.4, 0.5) is 0 Å². The molecule has 5 nitrogen and oxygen atoms in total. The van der Waals surface area contributed by atoms with Crippen molar-refractivity contribution >= 4 is 17.5 Å². The van der Waals surface area contributed by atoms with Gasteiger partial charge in [0, 0.05) is 5.56 Å². The lowest BCUT2D eigenvalue weighted by Gasteiger charge is -2.06. The van der Waals surface area contributed by atoms with Crippen LogP contribution in [-0.4, -0.2) is 22.6 Å². The van der Waals surface area contributed by atoms with Crippen molar-refractivity contribution in [3.8, 4) is 11.5 Å². The molecule has 2 rings (SSSR count). The molecule has 0 unspecified atom stereocenters. The average Bonchev–Trinajstić information content (AvgIpc) is 2.48. The van der Waals surface area contributed by atoms with E-state index in [0.29, 0.717) is 11.5 Å². The second kappa shape index (κ2) is 6.47. The minimum Gasteiger partial charge on any atom is -0.475 e. The summed E-state index contributed by atoms with van der Waals surface area (Å²) in [5.74, 6) is -2.24. The Morgan fingerprint density at radius 3 is 2.24 bits per heavy atom. The zero-order valence-electron chi connectivity index (χ0n) is 11.0. The van der Waals surface area contributed by atoms with Gasteiger partial charge in [0.05, 0.1) is 6.42 Å². The van der Waals surface area contributed by atoms with Crippen LogP contribution in [0.2, 0.25) is 0 Å². The lowest BCUT2D eigenvalue weighted by atomic mass is 10.1. The van der Waals surface area contributed by atoms with Gasteiger partial charge in [0.2, 0.25) is 5.78 Å². The number of para-hydroxylation sites is 1. The first kappa shape index (κ1) is 14.5. The highest BCUT2D eigenvalue weighted by molar-refractivity contribution is 6.37. The van der Waals surface area contributed by atoms with Gasteiger partial charge in [-0.1, -0.05) is 30.3 Å². The van der Waals surface area contributed by atoms with Crippen molar-refractivity contribution in [3.05, 3.63) is 60.2 Å². The van der Waals surface area contributed by atoms with E-state index in [4.69, 9.17) is 9.84 Å². The molecular weight excluding hydrogens is 272 g/mol. The van der Waals surface area contributed by atoms with Gasteiger partial charge >= 0.3 is 5.97 Å². The van der Waals surface area contributed by atoms with Gasteiger partial charge in [0.15, 0.2) is 5.78 Å². The van der Waals surface area contributed by atoms with Crippen LogP contribution >= 0.6 is 0 Å². The third kappa shape index (κ3) is 4.01. The van der Waals surface area contributed by atoms with Crippen molar-refractivity contribution in [1.29, 1.82) is 0 Å². The molecule has 1 N–H and O–H groups in total. The summed E-state index contributed by atoms with van der Waals surface area (Å²) in [5, 5.41) is 8.50. The van der Waals surface area contributed by atoms with Crippen molar-refractivity contribution < 1.29 is 24.2 Å². The third-order valence-corrected chi connectivity index (χ3v) is 2.69. The van der Waals surface area contributed by atoms with Gasteiger partial charge in [-0.25, -0.2) is 4.79 Å². The average molecular weight is 284 g/mol. The summed E-state index contributed by atoms with van der Waals surface area (Å²) in [5.41, 5.74) is 0.234. The summed E-state index contributed by atoms with van der Waals surface area (Å²) in [6.45, 7) is 0. The number of ketones is 2. The second-order valence-corrected chi connectivity index (χ2v) is 4.27. The van der Waals surface area contributed by atoms with E-state index in [1.807, 2.05) is 18.2 Å². The molecule has 0 aliphatic rings. The molecule has 0 spiro atoms. The maximum absolute atomic E-state index is 11.8. The van der Waals surface area contributed by atoms with Crippen LogP contribution < -0.4 is 4.74 Å². The summed E-state index contributed by atoms with van der Waals surface area (Å²) >= 11 is 0. The second-order valence-electron chi connectivity index (χ2n) is 4.27. The Balaban J connectivity index is 2.12. The normalized spacial score (nSPS) is 9.90. The summed E-state index contributed by atoms with van der Waals surface area (Å²) in [4.78, 5) is 33.3. The van der Waals surface area contributed by atoms with Gasteiger partial charge in [-0.05, 0) is 24.3 Å². The number of aliphatic carboxylic acids is 1. The molecule has 0 amide bonds. The van der Waals surface area contributed by atoms with Crippen LogP contribution in [0.1, 0.15) is 16.8 Å². The molecular formula is C16H12O5. The maximum Gasteiger partial charge on any atom is 0.372 e. The summed E-state index contributed by atoms with van der Waals surface area (Å²) in [7, 11) is 0. The molecule has 21 heavy (non-hydrogen) atoms. The van der Waals surface area contributed by atoms with E-state index in [1.54, 1.807) is 24.3 Å². The number of rotatable bonds is 6. The SMILES string of the molecule is O=C(O)C(=O)CC(=O)c1cccc(Oc2ccccc2)c1. The van der Waals surface area contributed by atoms with Crippen LogP contribution in [-0.2, 0) is 9.59 Å². The number of benzene rings is 2. The number of carbonyl (C=O) groups excluding carboxylic acids is 2. The first-order chi connectivity index (χ1) is 10.1. The Labute approximate surface area is 120 Å². The molecule has 0 fully saturated rings. The molecule has 0 saturated heterocycles. The molecule has 5 heteroatoms. The molecule has 0 saturated carbocycles. The van der Waals surface area contributed by atoms with Crippen LogP contribution in [0, 0.1) is 0 Å². The molecule has 0 bridgehead atoms. The molecule has 0 radical (unpaired) electrons. The molecule has 0 aromatic heterocycles. The fraction of sp³-hybridized carbons (Fsp3) is 0.0625. The Bertz CT molecular complexity index is 676. The zero-order chi connectivity index (χ0) is 15.2. The number of carboxylic acids is 1. The number of ether oxygens (including phenoxy) is 1. The van der Waals surface area contributed by atoms with Crippen molar-refractivity contribution in [2.45, 2.75) is 6.42 Å². The van der Waals surface area contributed by atoms with Crippen molar-refractivity contribution in [1.82, 2.24) is 0 Å². The van der Waals surface area contributed by atoms with Crippen LogP contribution in [0.3, 0.4) is 0 Å². The third-order valence-electron chi connectivity index (χ3n) is 2.69. The van der Waals surface area contributed by atoms with Crippen LogP contribution in [0.5, 0.6) is 11.5 Å². The van der Waals surface area contributed by atoms with E-state index in [2.05, 4.69) is 0 Å². The highest BCUT2D eigenvalue weighted by atomic mass is 16.5. The van der Waals surface area contributed by atoms with E-state index < -0.39 is 24.0 Å². The zero-order valence-corrected chi connectivity index (χ0v) is 11.0. The monoisotopic (exact) mass is 284 g/mol. The highest BCUT2D eigenvalue weighted by Crippen LogP contribution is 2.22. The predicted molar refractivity (Wildman–Crippen MR) is 74.5 cm³/mol. The minimum atomic E-state index is -1.61. The van der Waals surface area contributed by atoms with Gasteiger partial charge in [0.1, 0.15) is 11.5 Å². The summed E-state index contributed by atoms with van der Waals surface area (Å²) in [6.07, 6.45) is -0.663. The molecule has 0 aliphatic carbocycles. The lowest BCUT2D eigenvalue weighted by Crippen LogP contribution is -2.17. The highest BCUT2D eigenvalue weighted by Gasteiger charge is 2.18. The van der Waals surface area contributed by atoms with Crippen molar-refractivity contribution in [3.63, 3.8) is 0 Å². The Morgan fingerprint density at radius 2 is 1.57 bits per heavy atom. The van der Waals surface area contributed by atoms with Gasteiger partial charge in [-0.2, -0.15) is 0 Å². The molecule has 106 valence electrons. The van der Waals surface area contributed by atoms with Gasteiger partial charge < -0.3 is 9.84 Å².